The molecule has 20 heavy (non-hydrogen) atoms. The van der Waals surface area contributed by atoms with Crippen molar-refractivity contribution >= 4 is 5.91 Å². The van der Waals surface area contributed by atoms with Crippen LogP contribution in [0, 0.1) is 6.92 Å². The minimum absolute atomic E-state index is 0.0544. The second-order valence-corrected chi connectivity index (χ2v) is 4.56. The molecule has 0 unspecified atom stereocenters. The number of nitrogens with zero attached hydrogens (tertiary/aromatic N) is 1. The monoisotopic (exact) mass is 274 g/mol. The van der Waals surface area contributed by atoms with Gasteiger partial charge in [0, 0.05) is 12.6 Å². The van der Waals surface area contributed by atoms with E-state index in [9.17, 15) is 4.79 Å². The number of hydrogen-bond acceptors (Lipinski definition) is 4. The highest BCUT2D eigenvalue weighted by molar-refractivity contribution is 5.78. The van der Waals surface area contributed by atoms with Crippen LogP contribution in [0.2, 0.25) is 0 Å². The molecule has 0 saturated carbocycles. The van der Waals surface area contributed by atoms with Gasteiger partial charge in [-0.25, -0.2) is 0 Å². The summed E-state index contributed by atoms with van der Waals surface area (Å²) in [6.45, 7) is 2.39. The lowest BCUT2D eigenvalue weighted by molar-refractivity contribution is -0.120. The molecule has 1 aromatic heterocycles. The molecular formula is C15H18N2O3. The number of benzene rings is 1. The number of carbonyl (C=O) groups is 1. The number of aromatic nitrogens is 1. The van der Waals surface area contributed by atoms with Crippen LogP contribution in [0.1, 0.15) is 17.0 Å². The Morgan fingerprint density at radius 1 is 1.40 bits per heavy atom. The molecular weight excluding hydrogens is 256 g/mol. The molecule has 0 spiro atoms. The maximum absolute atomic E-state index is 11.7. The SMILES string of the molecule is COc1cccc(CCNC(=O)Cc2cc(C)on2)c1. The van der Waals surface area contributed by atoms with Gasteiger partial charge < -0.3 is 14.6 Å². The second kappa shape index (κ2) is 6.75. The number of amides is 1. The summed E-state index contributed by atoms with van der Waals surface area (Å²) in [5.74, 6) is 1.48. The van der Waals surface area contributed by atoms with Crippen LogP contribution in [-0.2, 0) is 17.6 Å². The first-order valence-corrected chi connectivity index (χ1v) is 6.49. The number of carbonyl (C=O) groups excluding carboxylic acids is 1. The molecule has 5 nitrogen and oxygen atoms in total. The van der Waals surface area contributed by atoms with Crippen molar-refractivity contribution in [2.45, 2.75) is 19.8 Å². The van der Waals surface area contributed by atoms with Gasteiger partial charge in [-0.15, -0.1) is 0 Å². The van der Waals surface area contributed by atoms with Crippen LogP contribution in [-0.4, -0.2) is 24.7 Å². The molecule has 0 aliphatic carbocycles. The zero-order valence-electron chi connectivity index (χ0n) is 11.7. The van der Waals surface area contributed by atoms with Gasteiger partial charge in [0.1, 0.15) is 11.5 Å². The maximum atomic E-state index is 11.7. The fourth-order valence-corrected chi connectivity index (χ4v) is 1.90. The molecule has 0 aliphatic rings. The second-order valence-electron chi connectivity index (χ2n) is 4.56. The summed E-state index contributed by atoms with van der Waals surface area (Å²) in [7, 11) is 1.64. The topological polar surface area (TPSA) is 64.4 Å². The van der Waals surface area contributed by atoms with E-state index >= 15 is 0 Å². The lowest BCUT2D eigenvalue weighted by Crippen LogP contribution is -2.27. The smallest absolute Gasteiger partial charge is 0.226 e. The molecule has 1 aromatic carbocycles. The lowest BCUT2D eigenvalue weighted by Gasteiger charge is -2.06. The summed E-state index contributed by atoms with van der Waals surface area (Å²) in [5.41, 5.74) is 1.78. The number of hydrogen-bond donors (Lipinski definition) is 1. The summed E-state index contributed by atoms with van der Waals surface area (Å²) in [6, 6.07) is 9.58. The summed E-state index contributed by atoms with van der Waals surface area (Å²) in [5, 5.41) is 6.66. The quantitative estimate of drug-likeness (QED) is 0.873. The third kappa shape index (κ3) is 4.12. The Morgan fingerprint density at radius 3 is 2.95 bits per heavy atom. The van der Waals surface area contributed by atoms with E-state index in [-0.39, 0.29) is 12.3 Å². The van der Waals surface area contributed by atoms with Gasteiger partial charge >= 0.3 is 0 Å². The standard InChI is InChI=1S/C15H18N2O3/c1-11-8-13(17-20-11)10-15(18)16-7-6-12-4-3-5-14(9-12)19-2/h3-5,8-9H,6-7,10H2,1-2H3,(H,16,18). The summed E-state index contributed by atoms with van der Waals surface area (Å²) in [6.07, 6.45) is 1.01. The van der Waals surface area contributed by atoms with Crippen LogP contribution in [0.4, 0.5) is 0 Å². The summed E-state index contributed by atoms with van der Waals surface area (Å²) in [4.78, 5) is 11.7. The minimum Gasteiger partial charge on any atom is -0.497 e. The average molecular weight is 274 g/mol. The van der Waals surface area contributed by atoms with Gasteiger partial charge in [0.15, 0.2) is 0 Å². The van der Waals surface area contributed by atoms with Gasteiger partial charge in [-0.05, 0) is 31.0 Å². The number of aryl methyl sites for hydroxylation is 1. The van der Waals surface area contributed by atoms with Crippen molar-refractivity contribution in [3.8, 4) is 5.75 Å². The first-order chi connectivity index (χ1) is 9.67. The van der Waals surface area contributed by atoms with Crippen LogP contribution in [0.25, 0.3) is 0 Å². The molecule has 106 valence electrons. The van der Waals surface area contributed by atoms with Gasteiger partial charge in [-0.2, -0.15) is 0 Å². The first-order valence-electron chi connectivity index (χ1n) is 6.49. The number of ether oxygens (including phenoxy) is 1. The van der Waals surface area contributed by atoms with Crippen molar-refractivity contribution < 1.29 is 14.1 Å². The predicted molar refractivity (Wildman–Crippen MR) is 74.7 cm³/mol. The molecule has 0 radical (unpaired) electrons. The number of methoxy groups -OCH3 is 1. The van der Waals surface area contributed by atoms with E-state index < -0.39 is 0 Å². The van der Waals surface area contributed by atoms with Crippen LogP contribution >= 0.6 is 0 Å². The molecule has 1 amide bonds. The molecule has 2 aromatic rings. The molecule has 0 fully saturated rings. The van der Waals surface area contributed by atoms with Crippen molar-refractivity contribution in [2.75, 3.05) is 13.7 Å². The lowest BCUT2D eigenvalue weighted by atomic mass is 10.1. The Balaban J connectivity index is 1.76. The van der Waals surface area contributed by atoms with E-state index in [1.165, 1.54) is 0 Å². The molecule has 1 heterocycles. The maximum Gasteiger partial charge on any atom is 0.226 e. The third-order valence-corrected chi connectivity index (χ3v) is 2.89. The zero-order valence-corrected chi connectivity index (χ0v) is 11.7. The number of rotatable bonds is 6. The number of nitrogens with one attached hydrogen (secondary N) is 1. The Labute approximate surface area is 117 Å². The predicted octanol–water partition coefficient (Wildman–Crippen LogP) is 1.89. The van der Waals surface area contributed by atoms with Crippen molar-refractivity contribution in [3.63, 3.8) is 0 Å². The van der Waals surface area contributed by atoms with Crippen molar-refractivity contribution in [3.05, 3.63) is 47.3 Å². The highest BCUT2D eigenvalue weighted by atomic mass is 16.5. The summed E-state index contributed by atoms with van der Waals surface area (Å²) < 4.78 is 10.1. The van der Waals surface area contributed by atoms with E-state index in [2.05, 4.69) is 10.5 Å². The van der Waals surface area contributed by atoms with Crippen LogP contribution in [0.15, 0.2) is 34.9 Å². The summed E-state index contributed by atoms with van der Waals surface area (Å²) >= 11 is 0. The van der Waals surface area contributed by atoms with Crippen molar-refractivity contribution in [1.29, 1.82) is 0 Å². The van der Waals surface area contributed by atoms with Gasteiger partial charge in [-0.1, -0.05) is 17.3 Å². The minimum atomic E-state index is -0.0544. The van der Waals surface area contributed by atoms with Gasteiger partial charge in [-0.3, -0.25) is 4.79 Å². The van der Waals surface area contributed by atoms with E-state index in [0.29, 0.717) is 18.0 Å². The molecule has 0 aliphatic heterocycles. The molecule has 0 bridgehead atoms. The average Bonchev–Trinajstić information content (AvgIpc) is 2.84. The fourth-order valence-electron chi connectivity index (χ4n) is 1.90. The molecule has 1 N–H and O–H groups in total. The molecule has 2 rings (SSSR count). The van der Waals surface area contributed by atoms with E-state index in [0.717, 1.165) is 17.7 Å². The van der Waals surface area contributed by atoms with Gasteiger partial charge in [0.2, 0.25) is 5.91 Å². The highest BCUT2D eigenvalue weighted by Gasteiger charge is 2.07. The van der Waals surface area contributed by atoms with Crippen molar-refractivity contribution in [2.24, 2.45) is 0 Å². The Bertz CT molecular complexity index is 578. The first kappa shape index (κ1) is 14.1. The normalized spacial score (nSPS) is 10.3. The van der Waals surface area contributed by atoms with E-state index in [1.807, 2.05) is 24.3 Å². The van der Waals surface area contributed by atoms with E-state index in [4.69, 9.17) is 9.26 Å². The van der Waals surface area contributed by atoms with Crippen LogP contribution < -0.4 is 10.1 Å². The Kier molecular flexibility index (Phi) is 4.76. The molecule has 5 heteroatoms. The van der Waals surface area contributed by atoms with Gasteiger partial charge in [0.25, 0.3) is 0 Å². The highest BCUT2D eigenvalue weighted by Crippen LogP contribution is 2.12. The molecule has 0 atom stereocenters. The Morgan fingerprint density at radius 2 is 2.25 bits per heavy atom. The Hall–Kier alpha value is -2.30. The molecule has 0 saturated heterocycles. The van der Waals surface area contributed by atoms with Crippen molar-refractivity contribution in [1.82, 2.24) is 10.5 Å². The van der Waals surface area contributed by atoms with Crippen LogP contribution in [0.5, 0.6) is 5.75 Å². The third-order valence-electron chi connectivity index (χ3n) is 2.89. The van der Waals surface area contributed by atoms with Crippen LogP contribution in [0.3, 0.4) is 0 Å². The zero-order chi connectivity index (χ0) is 14.4. The largest absolute Gasteiger partial charge is 0.497 e. The van der Waals surface area contributed by atoms with E-state index in [1.54, 1.807) is 20.1 Å². The van der Waals surface area contributed by atoms with Gasteiger partial charge in [0.05, 0.1) is 19.2 Å². The fraction of sp³-hybridized carbons (Fsp3) is 0.333.